The molecule has 10 heteroatoms. The molecule has 0 heterocycles. The molecule has 0 radical (unpaired) electrons. The Morgan fingerprint density at radius 1 is 0.591 bits per heavy atom. The van der Waals surface area contributed by atoms with Crippen LogP contribution in [0.2, 0.25) is 0 Å². The molecule has 134 valence electrons. The van der Waals surface area contributed by atoms with Gasteiger partial charge in [0.2, 0.25) is 0 Å². The van der Waals surface area contributed by atoms with Crippen LogP contribution in [0.15, 0.2) is 0 Å². The molecule has 0 amide bonds. The average molecular weight is 328 g/mol. The lowest BCUT2D eigenvalue weighted by Gasteiger charge is -2.06. The lowest BCUT2D eigenvalue weighted by molar-refractivity contribution is -0.135. The molecule has 0 aromatic heterocycles. The first-order chi connectivity index (χ1) is 9.57. The molecule has 0 saturated heterocycles. The van der Waals surface area contributed by atoms with Gasteiger partial charge in [-0.05, 0) is 13.8 Å². The number of nitrogens with two attached hydrogens (primary N) is 2. The first kappa shape index (κ1) is 31.9. The third-order valence-electron chi connectivity index (χ3n) is 0.829. The number of hydrogen-bond donors (Lipinski definition) is 6. The van der Waals surface area contributed by atoms with E-state index in [4.69, 9.17) is 51.1 Å². The molecular weight excluding hydrogens is 300 g/mol. The SMILES string of the molecule is CC(=O)O.CC(=O)O.CC(=O)O.CC(=O)O.CC(N)C(C)N. The van der Waals surface area contributed by atoms with Crippen LogP contribution in [0.4, 0.5) is 0 Å². The molecule has 0 aliphatic heterocycles. The van der Waals surface area contributed by atoms with E-state index in [2.05, 4.69) is 0 Å². The minimum absolute atomic E-state index is 0.130. The summed E-state index contributed by atoms with van der Waals surface area (Å²) >= 11 is 0. The maximum absolute atomic E-state index is 9.00. The summed E-state index contributed by atoms with van der Waals surface area (Å²) in [6.45, 7) is 8.12. The highest BCUT2D eigenvalue weighted by atomic mass is 16.4. The minimum atomic E-state index is -0.833. The largest absolute Gasteiger partial charge is 0.481 e. The summed E-state index contributed by atoms with van der Waals surface area (Å²) in [6.07, 6.45) is 0. The number of aliphatic carboxylic acids is 4. The van der Waals surface area contributed by atoms with Gasteiger partial charge in [-0.2, -0.15) is 0 Å². The van der Waals surface area contributed by atoms with E-state index in [9.17, 15) is 0 Å². The zero-order valence-corrected chi connectivity index (χ0v) is 13.7. The van der Waals surface area contributed by atoms with Gasteiger partial charge in [0.15, 0.2) is 0 Å². The van der Waals surface area contributed by atoms with Gasteiger partial charge < -0.3 is 31.9 Å². The highest BCUT2D eigenvalue weighted by Gasteiger charge is 1.96. The van der Waals surface area contributed by atoms with Gasteiger partial charge in [-0.25, -0.2) is 0 Å². The van der Waals surface area contributed by atoms with E-state index < -0.39 is 23.9 Å². The molecule has 0 spiro atoms. The van der Waals surface area contributed by atoms with Crippen LogP contribution in [-0.4, -0.2) is 56.4 Å². The van der Waals surface area contributed by atoms with Gasteiger partial charge in [0.25, 0.3) is 23.9 Å². The second kappa shape index (κ2) is 23.9. The molecule has 0 aliphatic carbocycles. The summed E-state index contributed by atoms with van der Waals surface area (Å²) in [6, 6.07) is 0.259. The predicted octanol–water partition coefficient (Wildman–Crippen LogP) is 0.0444. The number of carboxylic acid groups (broad SMARTS) is 4. The van der Waals surface area contributed by atoms with Crippen molar-refractivity contribution in [1.82, 2.24) is 0 Å². The normalized spacial score (nSPS) is 10.0. The van der Waals surface area contributed by atoms with Crippen LogP contribution in [0.25, 0.3) is 0 Å². The molecule has 22 heavy (non-hydrogen) atoms. The number of carbonyl (C=O) groups is 4. The van der Waals surface area contributed by atoms with Gasteiger partial charge >= 0.3 is 0 Å². The van der Waals surface area contributed by atoms with Gasteiger partial charge in [-0.1, -0.05) is 0 Å². The van der Waals surface area contributed by atoms with Gasteiger partial charge in [0.1, 0.15) is 0 Å². The second-order valence-corrected chi connectivity index (χ2v) is 3.79. The van der Waals surface area contributed by atoms with Crippen molar-refractivity contribution in [2.75, 3.05) is 0 Å². The highest BCUT2D eigenvalue weighted by molar-refractivity contribution is 5.63. The van der Waals surface area contributed by atoms with E-state index in [0.29, 0.717) is 0 Å². The molecule has 2 atom stereocenters. The Balaban J connectivity index is -0.0000000555. The van der Waals surface area contributed by atoms with Gasteiger partial charge in [-0.3, -0.25) is 19.2 Å². The van der Waals surface area contributed by atoms with Crippen LogP contribution >= 0.6 is 0 Å². The van der Waals surface area contributed by atoms with Gasteiger partial charge in [0, 0.05) is 39.8 Å². The minimum Gasteiger partial charge on any atom is -0.481 e. The molecular formula is C12H28N2O8. The van der Waals surface area contributed by atoms with Crippen LogP contribution in [-0.2, 0) is 19.2 Å². The maximum atomic E-state index is 9.00. The quantitative estimate of drug-likeness (QED) is 0.381. The molecule has 0 bridgehead atoms. The zero-order chi connectivity index (χ0) is 19.5. The Morgan fingerprint density at radius 3 is 0.636 bits per heavy atom. The molecule has 0 aliphatic rings. The third kappa shape index (κ3) is 1550. The van der Waals surface area contributed by atoms with Gasteiger partial charge in [0.05, 0.1) is 0 Å². The van der Waals surface area contributed by atoms with E-state index in [1.165, 1.54) is 0 Å². The predicted molar refractivity (Wildman–Crippen MR) is 80.5 cm³/mol. The van der Waals surface area contributed by atoms with Crippen molar-refractivity contribution in [1.29, 1.82) is 0 Å². The van der Waals surface area contributed by atoms with Crippen LogP contribution in [0.1, 0.15) is 41.5 Å². The summed E-state index contributed by atoms with van der Waals surface area (Å²) < 4.78 is 0. The Morgan fingerprint density at radius 2 is 0.636 bits per heavy atom. The fraction of sp³-hybridized carbons (Fsp3) is 0.667. The zero-order valence-electron chi connectivity index (χ0n) is 13.7. The Kier molecular flexibility index (Phi) is 34.7. The molecule has 0 aromatic carbocycles. The molecule has 0 rings (SSSR count). The van der Waals surface area contributed by atoms with Crippen LogP contribution in [0, 0.1) is 0 Å². The molecule has 8 N–H and O–H groups in total. The Labute approximate surface area is 129 Å². The Hall–Kier alpha value is -2.20. The van der Waals surface area contributed by atoms with Crippen LogP contribution < -0.4 is 11.5 Å². The van der Waals surface area contributed by atoms with Gasteiger partial charge in [-0.15, -0.1) is 0 Å². The lowest BCUT2D eigenvalue weighted by atomic mass is 10.2. The first-order valence-corrected chi connectivity index (χ1v) is 5.87. The number of hydrogen-bond acceptors (Lipinski definition) is 6. The van der Waals surface area contributed by atoms with Crippen molar-refractivity contribution in [2.24, 2.45) is 11.5 Å². The monoisotopic (exact) mass is 328 g/mol. The topological polar surface area (TPSA) is 201 Å². The van der Waals surface area contributed by atoms with Crippen molar-refractivity contribution in [3.8, 4) is 0 Å². The molecule has 0 fully saturated rings. The molecule has 2 unspecified atom stereocenters. The van der Waals surface area contributed by atoms with Crippen molar-refractivity contribution >= 4 is 23.9 Å². The molecule has 0 saturated carbocycles. The van der Waals surface area contributed by atoms with Crippen molar-refractivity contribution < 1.29 is 39.6 Å². The first-order valence-electron chi connectivity index (χ1n) is 5.87. The van der Waals surface area contributed by atoms with E-state index in [0.717, 1.165) is 27.7 Å². The number of carboxylic acids is 4. The van der Waals surface area contributed by atoms with E-state index in [1.54, 1.807) is 0 Å². The van der Waals surface area contributed by atoms with Crippen molar-refractivity contribution in [3.05, 3.63) is 0 Å². The van der Waals surface area contributed by atoms with E-state index >= 15 is 0 Å². The summed E-state index contributed by atoms with van der Waals surface area (Å²) in [7, 11) is 0. The van der Waals surface area contributed by atoms with Crippen molar-refractivity contribution in [3.63, 3.8) is 0 Å². The fourth-order valence-corrected chi connectivity index (χ4v) is 0. The summed E-state index contributed by atoms with van der Waals surface area (Å²) in [5.74, 6) is -3.33. The van der Waals surface area contributed by atoms with Crippen LogP contribution in [0.3, 0.4) is 0 Å². The molecule has 10 nitrogen and oxygen atoms in total. The highest BCUT2D eigenvalue weighted by Crippen LogP contribution is 1.77. The van der Waals surface area contributed by atoms with E-state index in [-0.39, 0.29) is 12.1 Å². The third-order valence-corrected chi connectivity index (χ3v) is 0.829. The second-order valence-electron chi connectivity index (χ2n) is 3.79. The average Bonchev–Trinajstić information content (AvgIpc) is 2.12. The standard InChI is InChI=1S/C4H12N2.4C2H4O2/c1-3(5)4(2)6;4*1-2(3)4/h3-4H,5-6H2,1-2H3;4*1H3,(H,3,4). The summed E-state index contributed by atoms with van der Waals surface area (Å²) in [4.78, 5) is 36.0. The van der Waals surface area contributed by atoms with E-state index in [1.807, 2.05) is 13.8 Å². The van der Waals surface area contributed by atoms with Crippen LogP contribution in [0.5, 0.6) is 0 Å². The fourth-order valence-electron chi connectivity index (χ4n) is 0. The number of rotatable bonds is 1. The maximum Gasteiger partial charge on any atom is 0.300 e. The van der Waals surface area contributed by atoms with Crippen molar-refractivity contribution in [2.45, 2.75) is 53.6 Å². The Bertz CT molecular complexity index is 234. The smallest absolute Gasteiger partial charge is 0.300 e. The summed E-state index contributed by atoms with van der Waals surface area (Å²) in [5, 5.41) is 29.7. The molecule has 0 aromatic rings. The summed E-state index contributed by atoms with van der Waals surface area (Å²) in [5.41, 5.74) is 10.6. The lowest BCUT2D eigenvalue weighted by Crippen LogP contribution is -2.35.